The number of nitrogens with zero attached hydrogens (tertiary/aromatic N) is 3. The number of anilines is 2. The van der Waals surface area contributed by atoms with Crippen LogP contribution >= 0.6 is 27.5 Å². The van der Waals surface area contributed by atoms with Gasteiger partial charge in [-0.2, -0.15) is 0 Å². The molecule has 7 nitrogen and oxygen atoms in total. The maximum absolute atomic E-state index is 13.0. The van der Waals surface area contributed by atoms with Gasteiger partial charge < -0.3 is 23.7 Å². The topological polar surface area (TPSA) is 65.8 Å². The Kier molecular flexibility index (Phi) is 5.74. The predicted molar refractivity (Wildman–Crippen MR) is 103 cm³/mol. The highest BCUT2D eigenvalue weighted by Gasteiger charge is 2.27. The first-order valence-electron chi connectivity index (χ1n) is 8.01. The summed E-state index contributed by atoms with van der Waals surface area (Å²) in [5, 5.41) is 0.236. The Morgan fingerprint density at radius 2 is 2.19 bits per heavy atom. The van der Waals surface area contributed by atoms with Crippen molar-refractivity contribution in [2.24, 2.45) is 0 Å². The minimum absolute atomic E-state index is 0.174. The van der Waals surface area contributed by atoms with Crippen LogP contribution in [-0.2, 0) is 4.74 Å². The van der Waals surface area contributed by atoms with E-state index in [0.29, 0.717) is 31.3 Å². The number of aromatic nitrogens is 2. The average Bonchev–Trinajstić information content (AvgIpc) is 2.62. The average molecular weight is 445 g/mol. The lowest BCUT2D eigenvalue weighted by Gasteiger charge is -2.31. The second-order valence-corrected chi connectivity index (χ2v) is 7.10. The van der Waals surface area contributed by atoms with Crippen LogP contribution in [0.1, 0.15) is 13.0 Å². The lowest BCUT2D eigenvalue weighted by Crippen LogP contribution is -2.37. The summed E-state index contributed by atoms with van der Waals surface area (Å²) in [7, 11) is 3.18. The van der Waals surface area contributed by atoms with Crippen LogP contribution in [0, 0.1) is 0 Å². The molecule has 9 heteroatoms. The van der Waals surface area contributed by atoms with E-state index in [-0.39, 0.29) is 22.6 Å². The molecule has 0 fully saturated rings. The minimum Gasteiger partial charge on any atom is -0.497 e. The summed E-state index contributed by atoms with van der Waals surface area (Å²) in [6.07, 6.45) is 1.53. The Bertz CT molecular complexity index is 874. The highest BCUT2D eigenvalue weighted by Crippen LogP contribution is 2.43. The zero-order valence-corrected chi connectivity index (χ0v) is 17.0. The minimum atomic E-state index is -0.241. The zero-order chi connectivity index (χ0) is 18.8. The molecule has 2 heterocycles. The third kappa shape index (κ3) is 3.54. The number of methoxy groups -OCH3 is 2. The molecular formula is C17H19BrClN3O4. The van der Waals surface area contributed by atoms with Gasteiger partial charge in [0.1, 0.15) is 23.3 Å². The van der Waals surface area contributed by atoms with E-state index in [1.807, 2.05) is 17.9 Å². The van der Waals surface area contributed by atoms with Crippen molar-refractivity contribution in [3.05, 3.63) is 38.3 Å². The number of rotatable bonds is 5. The number of benzene rings is 1. The smallest absolute Gasteiger partial charge is 0.294 e. The zero-order valence-electron chi connectivity index (χ0n) is 14.7. The quantitative estimate of drug-likeness (QED) is 0.704. The number of fused-ring (bicyclic) bond motifs is 1. The fraction of sp³-hybridized carbons (Fsp3) is 0.412. The molecule has 0 saturated heterocycles. The molecule has 1 aromatic carbocycles. The van der Waals surface area contributed by atoms with Gasteiger partial charge in [-0.3, -0.25) is 4.79 Å². The highest BCUT2D eigenvalue weighted by molar-refractivity contribution is 9.10. The Hall–Kier alpha value is -1.77. The lowest BCUT2D eigenvalue weighted by atomic mass is 10.2. The number of ether oxygens (including phenoxy) is 3. The molecule has 26 heavy (non-hydrogen) atoms. The van der Waals surface area contributed by atoms with Gasteiger partial charge in [-0.25, -0.2) is 4.98 Å². The molecule has 140 valence electrons. The summed E-state index contributed by atoms with van der Waals surface area (Å²) in [4.78, 5) is 19.1. The van der Waals surface area contributed by atoms with Crippen molar-refractivity contribution >= 4 is 39.0 Å². The maximum atomic E-state index is 13.0. The van der Waals surface area contributed by atoms with Crippen LogP contribution in [0.4, 0.5) is 11.5 Å². The van der Waals surface area contributed by atoms with Crippen LogP contribution in [0.5, 0.6) is 11.5 Å². The summed E-state index contributed by atoms with van der Waals surface area (Å²) < 4.78 is 18.5. The van der Waals surface area contributed by atoms with Crippen molar-refractivity contribution < 1.29 is 14.2 Å². The van der Waals surface area contributed by atoms with Crippen molar-refractivity contribution in [3.63, 3.8) is 0 Å². The van der Waals surface area contributed by atoms with E-state index < -0.39 is 0 Å². The van der Waals surface area contributed by atoms with E-state index in [1.54, 1.807) is 24.9 Å². The molecule has 0 radical (unpaired) electrons. The van der Waals surface area contributed by atoms with Crippen LogP contribution in [0.2, 0.25) is 5.15 Å². The monoisotopic (exact) mass is 443 g/mol. The lowest BCUT2D eigenvalue weighted by molar-refractivity contribution is 0.160. The Morgan fingerprint density at radius 1 is 1.42 bits per heavy atom. The Morgan fingerprint density at radius 3 is 2.88 bits per heavy atom. The van der Waals surface area contributed by atoms with Gasteiger partial charge in [-0.05, 0) is 28.9 Å². The molecular weight excluding hydrogens is 426 g/mol. The van der Waals surface area contributed by atoms with Crippen LogP contribution in [0.25, 0.3) is 0 Å². The molecule has 2 aromatic rings. The van der Waals surface area contributed by atoms with Crippen molar-refractivity contribution in [1.82, 2.24) is 9.55 Å². The fourth-order valence-corrected chi connectivity index (χ4v) is 3.72. The molecule has 3 rings (SSSR count). The molecule has 0 saturated carbocycles. The summed E-state index contributed by atoms with van der Waals surface area (Å²) >= 11 is 9.73. The third-order valence-electron chi connectivity index (χ3n) is 4.10. The van der Waals surface area contributed by atoms with E-state index in [0.717, 1.165) is 10.2 Å². The van der Waals surface area contributed by atoms with Gasteiger partial charge in [0.15, 0.2) is 0 Å². The van der Waals surface area contributed by atoms with E-state index in [1.165, 1.54) is 6.20 Å². The van der Waals surface area contributed by atoms with Gasteiger partial charge in [-0.1, -0.05) is 11.6 Å². The van der Waals surface area contributed by atoms with Crippen molar-refractivity contribution in [1.29, 1.82) is 0 Å². The number of halogens is 2. The molecule has 0 amide bonds. The predicted octanol–water partition coefficient (Wildman–Crippen LogP) is 3.41. The SMILES string of the molecule is COC[C@H](C)n1cc(Cl)nc(N2CCOc3cc(OC)cc(Br)c32)c1=O. The van der Waals surface area contributed by atoms with Crippen LogP contribution in [0.15, 0.2) is 27.6 Å². The molecule has 0 N–H and O–H groups in total. The first-order chi connectivity index (χ1) is 12.5. The van der Waals surface area contributed by atoms with Crippen LogP contribution in [-0.4, -0.2) is 43.5 Å². The van der Waals surface area contributed by atoms with Crippen molar-refractivity contribution in [3.8, 4) is 11.5 Å². The largest absolute Gasteiger partial charge is 0.497 e. The van der Waals surface area contributed by atoms with Gasteiger partial charge in [0.2, 0.25) is 5.82 Å². The second-order valence-electron chi connectivity index (χ2n) is 5.86. The van der Waals surface area contributed by atoms with Gasteiger partial charge in [0.25, 0.3) is 5.56 Å². The molecule has 1 aliphatic heterocycles. The van der Waals surface area contributed by atoms with Crippen molar-refractivity contribution in [2.75, 3.05) is 38.9 Å². The van der Waals surface area contributed by atoms with Crippen LogP contribution in [0.3, 0.4) is 0 Å². The molecule has 0 aliphatic carbocycles. The second kappa shape index (κ2) is 7.85. The first-order valence-corrected chi connectivity index (χ1v) is 9.18. The number of hydrogen-bond acceptors (Lipinski definition) is 6. The molecule has 1 atom stereocenters. The molecule has 0 spiro atoms. The van der Waals surface area contributed by atoms with E-state index in [9.17, 15) is 4.79 Å². The Labute approximate surface area is 164 Å². The van der Waals surface area contributed by atoms with Gasteiger partial charge in [0.05, 0.1) is 32.0 Å². The summed E-state index contributed by atoms with van der Waals surface area (Å²) in [5.74, 6) is 1.51. The Balaban J connectivity index is 2.13. The maximum Gasteiger partial charge on any atom is 0.294 e. The molecule has 0 bridgehead atoms. The molecule has 1 aliphatic rings. The molecule has 1 aromatic heterocycles. The fourth-order valence-electron chi connectivity index (χ4n) is 2.90. The molecule has 0 unspecified atom stereocenters. The van der Waals surface area contributed by atoms with Gasteiger partial charge in [-0.15, -0.1) is 0 Å². The van der Waals surface area contributed by atoms with Crippen LogP contribution < -0.4 is 19.9 Å². The standard InChI is InChI=1S/C17H19BrClN3O4/c1-10(9-24-2)22-8-14(19)20-16(17(22)23)21-4-5-26-13-7-11(25-3)6-12(18)15(13)21/h6-8,10H,4-5,9H2,1-3H3/t10-/m0/s1. The summed E-state index contributed by atoms with van der Waals surface area (Å²) in [6, 6.07) is 3.42. The third-order valence-corrected chi connectivity index (χ3v) is 4.89. The number of hydrogen-bond donors (Lipinski definition) is 0. The highest BCUT2D eigenvalue weighted by atomic mass is 79.9. The van der Waals surface area contributed by atoms with Crippen molar-refractivity contribution in [2.45, 2.75) is 13.0 Å². The summed E-state index contributed by atoms with van der Waals surface area (Å²) in [5.41, 5.74) is 0.476. The van der Waals surface area contributed by atoms with Gasteiger partial charge >= 0.3 is 0 Å². The van der Waals surface area contributed by atoms with E-state index in [4.69, 9.17) is 25.8 Å². The first kappa shape index (κ1) is 19.0. The van der Waals surface area contributed by atoms with E-state index >= 15 is 0 Å². The van der Waals surface area contributed by atoms with Gasteiger partial charge in [0, 0.05) is 23.8 Å². The normalized spacial score (nSPS) is 14.6. The van der Waals surface area contributed by atoms with E-state index in [2.05, 4.69) is 20.9 Å². The summed E-state index contributed by atoms with van der Waals surface area (Å²) in [6.45, 7) is 3.16.